The molecule has 8 nitrogen and oxygen atoms in total. The second-order valence-corrected chi connectivity index (χ2v) is 9.56. The van der Waals surface area contributed by atoms with Crippen LogP contribution in [0.4, 0.5) is 0 Å². The number of aromatic nitrogens is 1. The summed E-state index contributed by atoms with van der Waals surface area (Å²) in [4.78, 5) is 33.9. The van der Waals surface area contributed by atoms with Crippen LogP contribution in [0.3, 0.4) is 0 Å². The normalized spacial score (nSPS) is 17.3. The average Bonchev–Trinajstić information content (AvgIpc) is 3.10. The number of pyridine rings is 1. The first-order valence-corrected chi connectivity index (χ1v) is 12.5. The van der Waals surface area contributed by atoms with Crippen molar-refractivity contribution in [3.8, 4) is 11.5 Å². The van der Waals surface area contributed by atoms with Crippen molar-refractivity contribution in [2.24, 2.45) is 5.92 Å². The van der Waals surface area contributed by atoms with Gasteiger partial charge in [-0.3, -0.25) is 14.6 Å². The molecule has 1 fully saturated rings. The Kier molecular flexibility index (Phi) is 9.47. The van der Waals surface area contributed by atoms with Crippen LogP contribution in [0.5, 0.6) is 11.5 Å². The second-order valence-electron chi connectivity index (χ2n) is 9.56. The number of carbonyl (C=O) groups excluding carboxylic acids is 2. The van der Waals surface area contributed by atoms with E-state index in [4.69, 9.17) is 9.47 Å². The Hall–Kier alpha value is -3.39. The smallest absolute Gasteiger partial charge is 0.295 e. The van der Waals surface area contributed by atoms with E-state index in [9.17, 15) is 14.7 Å². The van der Waals surface area contributed by atoms with Crippen molar-refractivity contribution >= 4 is 17.4 Å². The summed E-state index contributed by atoms with van der Waals surface area (Å²) in [6, 6.07) is 7.94. The lowest BCUT2D eigenvalue weighted by atomic mass is 9.95. The van der Waals surface area contributed by atoms with E-state index in [2.05, 4.69) is 18.8 Å². The van der Waals surface area contributed by atoms with Gasteiger partial charge in [-0.25, -0.2) is 0 Å². The van der Waals surface area contributed by atoms with Crippen LogP contribution in [0, 0.1) is 5.92 Å². The number of likely N-dealkylation sites (tertiary alicyclic amines) is 1. The lowest BCUT2D eigenvalue weighted by molar-refractivity contribution is -0.139. The molecule has 2 heterocycles. The number of benzene rings is 1. The topological polar surface area (TPSA) is 92.2 Å². The van der Waals surface area contributed by atoms with Gasteiger partial charge in [0.2, 0.25) is 0 Å². The molecule has 1 atom stereocenters. The molecule has 0 saturated carbocycles. The minimum absolute atomic E-state index is 0.0620. The molecule has 1 aromatic carbocycles. The molecule has 1 amide bonds. The standard InChI is InChI=1S/C28H37N3O5/c1-6-35-23-18-21(8-9-22(23)36-17-12-19(2)3)25-24(26(32)20-10-13-29-14-11-20)27(33)28(34)31(25)16-7-15-30(4)5/h8-11,13-14,18-19,25,32H,6-7,12,15-17H2,1-5H3. The Morgan fingerprint density at radius 3 is 2.47 bits per heavy atom. The predicted molar refractivity (Wildman–Crippen MR) is 139 cm³/mol. The molecular weight excluding hydrogens is 458 g/mol. The van der Waals surface area contributed by atoms with E-state index >= 15 is 0 Å². The third kappa shape index (κ3) is 6.43. The van der Waals surface area contributed by atoms with Crippen LogP contribution >= 0.6 is 0 Å². The van der Waals surface area contributed by atoms with Gasteiger partial charge in [-0.2, -0.15) is 0 Å². The number of hydrogen-bond donors (Lipinski definition) is 1. The molecular formula is C28H37N3O5. The predicted octanol–water partition coefficient (Wildman–Crippen LogP) is 4.28. The van der Waals surface area contributed by atoms with Crippen molar-refractivity contribution in [2.45, 2.75) is 39.7 Å². The van der Waals surface area contributed by atoms with Crippen molar-refractivity contribution in [3.63, 3.8) is 0 Å². The molecule has 0 spiro atoms. The quantitative estimate of drug-likeness (QED) is 0.267. The first-order chi connectivity index (χ1) is 17.2. The molecule has 3 rings (SSSR count). The van der Waals surface area contributed by atoms with Gasteiger partial charge in [0.25, 0.3) is 11.7 Å². The number of aliphatic hydroxyl groups is 1. The molecule has 1 aliphatic heterocycles. The van der Waals surface area contributed by atoms with Crippen LogP contribution in [0.15, 0.2) is 48.3 Å². The zero-order valence-electron chi connectivity index (χ0n) is 21.9. The number of rotatable bonds is 12. The van der Waals surface area contributed by atoms with Gasteiger partial charge in [-0.1, -0.05) is 19.9 Å². The lowest BCUT2D eigenvalue weighted by Gasteiger charge is -2.26. The minimum Gasteiger partial charge on any atom is -0.507 e. The molecule has 1 aromatic heterocycles. The number of aliphatic hydroxyl groups excluding tert-OH is 1. The van der Waals surface area contributed by atoms with Crippen LogP contribution in [0.25, 0.3) is 5.76 Å². The van der Waals surface area contributed by atoms with Crippen LogP contribution in [0.2, 0.25) is 0 Å². The molecule has 1 unspecified atom stereocenters. The molecule has 0 aliphatic carbocycles. The third-order valence-corrected chi connectivity index (χ3v) is 6.03. The zero-order chi connectivity index (χ0) is 26.2. The van der Waals surface area contributed by atoms with Crippen LogP contribution in [0.1, 0.15) is 50.8 Å². The monoisotopic (exact) mass is 495 g/mol. The molecule has 1 aliphatic rings. The van der Waals surface area contributed by atoms with E-state index < -0.39 is 17.7 Å². The van der Waals surface area contributed by atoms with Crippen molar-refractivity contribution in [3.05, 3.63) is 59.4 Å². The summed E-state index contributed by atoms with van der Waals surface area (Å²) >= 11 is 0. The first kappa shape index (κ1) is 27.2. The maximum Gasteiger partial charge on any atom is 0.295 e. The molecule has 194 valence electrons. The zero-order valence-corrected chi connectivity index (χ0v) is 21.9. The van der Waals surface area contributed by atoms with E-state index in [-0.39, 0.29) is 11.3 Å². The average molecular weight is 496 g/mol. The molecule has 0 radical (unpaired) electrons. The van der Waals surface area contributed by atoms with Crippen molar-refractivity contribution < 1.29 is 24.2 Å². The Labute approximate surface area is 213 Å². The second kappa shape index (κ2) is 12.5. The van der Waals surface area contributed by atoms with Gasteiger partial charge in [0.05, 0.1) is 24.8 Å². The number of hydrogen-bond acceptors (Lipinski definition) is 7. The first-order valence-electron chi connectivity index (χ1n) is 12.5. The van der Waals surface area contributed by atoms with Crippen molar-refractivity contribution in [1.82, 2.24) is 14.8 Å². The van der Waals surface area contributed by atoms with E-state index in [1.807, 2.05) is 44.1 Å². The molecule has 36 heavy (non-hydrogen) atoms. The molecule has 8 heteroatoms. The highest BCUT2D eigenvalue weighted by atomic mass is 16.5. The van der Waals surface area contributed by atoms with E-state index in [1.165, 1.54) is 12.4 Å². The van der Waals surface area contributed by atoms with E-state index in [0.29, 0.717) is 54.7 Å². The van der Waals surface area contributed by atoms with Crippen LogP contribution in [-0.4, -0.2) is 72.0 Å². The fraction of sp³-hybridized carbons (Fsp3) is 0.464. The third-order valence-electron chi connectivity index (χ3n) is 6.03. The maximum absolute atomic E-state index is 13.2. The van der Waals surface area contributed by atoms with Gasteiger partial charge in [0, 0.05) is 24.5 Å². The van der Waals surface area contributed by atoms with Crippen molar-refractivity contribution in [1.29, 1.82) is 0 Å². The summed E-state index contributed by atoms with van der Waals surface area (Å²) in [5.74, 6) is 0.126. The highest BCUT2D eigenvalue weighted by molar-refractivity contribution is 6.46. The van der Waals surface area contributed by atoms with Crippen molar-refractivity contribution in [2.75, 3.05) is 40.4 Å². The van der Waals surface area contributed by atoms with E-state index in [0.717, 1.165) is 13.0 Å². The SMILES string of the molecule is CCOc1cc(C2C(=C(O)c3ccncc3)C(=O)C(=O)N2CCCN(C)C)ccc1OCCC(C)C. The largest absolute Gasteiger partial charge is 0.507 e. The lowest BCUT2D eigenvalue weighted by Crippen LogP contribution is -2.32. The number of Topliss-reactive ketones (excluding diaryl/α,β-unsaturated/α-hetero) is 1. The van der Waals surface area contributed by atoms with E-state index in [1.54, 1.807) is 17.0 Å². The molecule has 2 aromatic rings. The number of amides is 1. The Morgan fingerprint density at radius 1 is 1.11 bits per heavy atom. The highest BCUT2D eigenvalue weighted by Gasteiger charge is 2.46. The summed E-state index contributed by atoms with van der Waals surface area (Å²) in [6.07, 6.45) is 4.66. The summed E-state index contributed by atoms with van der Waals surface area (Å²) in [5.41, 5.74) is 1.17. The van der Waals surface area contributed by atoms with Crippen LogP contribution in [-0.2, 0) is 9.59 Å². The van der Waals surface area contributed by atoms with Gasteiger partial charge >= 0.3 is 0 Å². The van der Waals surface area contributed by atoms with Crippen LogP contribution < -0.4 is 9.47 Å². The maximum atomic E-state index is 13.2. The Bertz CT molecular complexity index is 1080. The molecule has 1 saturated heterocycles. The fourth-order valence-corrected chi connectivity index (χ4v) is 4.17. The summed E-state index contributed by atoms with van der Waals surface area (Å²) in [7, 11) is 3.92. The summed E-state index contributed by atoms with van der Waals surface area (Å²) in [5, 5.41) is 11.2. The Balaban J connectivity index is 2.06. The Morgan fingerprint density at radius 2 is 1.83 bits per heavy atom. The van der Waals surface area contributed by atoms with Gasteiger partial charge in [-0.05, 0) is 76.2 Å². The van der Waals surface area contributed by atoms with Gasteiger partial charge in [0.15, 0.2) is 11.5 Å². The fourth-order valence-electron chi connectivity index (χ4n) is 4.17. The number of ether oxygens (including phenoxy) is 2. The molecule has 0 bridgehead atoms. The molecule has 1 N–H and O–H groups in total. The van der Waals surface area contributed by atoms with Gasteiger partial charge < -0.3 is 24.4 Å². The number of ketones is 1. The van der Waals surface area contributed by atoms with Gasteiger partial charge in [0.1, 0.15) is 5.76 Å². The summed E-state index contributed by atoms with van der Waals surface area (Å²) in [6.45, 7) is 8.29. The number of nitrogens with zero attached hydrogens (tertiary/aromatic N) is 3. The number of carbonyl (C=O) groups is 2. The minimum atomic E-state index is -0.746. The van der Waals surface area contributed by atoms with Gasteiger partial charge in [-0.15, -0.1) is 0 Å². The highest BCUT2D eigenvalue weighted by Crippen LogP contribution is 2.42. The summed E-state index contributed by atoms with van der Waals surface area (Å²) < 4.78 is 11.8.